The van der Waals surface area contributed by atoms with Crippen LogP contribution in [-0.2, 0) is 4.74 Å². The molecule has 0 atom stereocenters. The third-order valence-corrected chi connectivity index (χ3v) is 3.18. The molecule has 1 aliphatic heterocycles. The van der Waals surface area contributed by atoms with E-state index in [-0.39, 0.29) is 5.75 Å². The maximum absolute atomic E-state index is 12.3. The predicted octanol–water partition coefficient (Wildman–Crippen LogP) is 2.34. The molecule has 0 amide bonds. The number of rotatable bonds is 6. The number of hydrogen-bond acceptors (Lipinski definition) is 5. The highest BCUT2D eigenvalue weighted by Crippen LogP contribution is 2.30. The van der Waals surface area contributed by atoms with Gasteiger partial charge in [0.15, 0.2) is 0 Å². The van der Waals surface area contributed by atoms with Crippen molar-refractivity contribution < 1.29 is 27.4 Å². The molecule has 22 heavy (non-hydrogen) atoms. The fraction of sp³-hybridized carbons (Fsp3) is 0.571. The first-order chi connectivity index (χ1) is 10.5. The summed E-state index contributed by atoms with van der Waals surface area (Å²) in [6.07, 6.45) is -4.72. The van der Waals surface area contributed by atoms with Crippen molar-refractivity contribution in [2.24, 2.45) is 0 Å². The van der Waals surface area contributed by atoms with Crippen LogP contribution in [0.1, 0.15) is 0 Å². The molecule has 0 spiro atoms. The molecule has 0 bridgehead atoms. The second-order valence-electron chi connectivity index (χ2n) is 4.79. The summed E-state index contributed by atoms with van der Waals surface area (Å²) in [6, 6.07) is 4.12. The lowest BCUT2D eigenvalue weighted by atomic mass is 10.3. The summed E-state index contributed by atoms with van der Waals surface area (Å²) in [4.78, 5) is 2.18. The molecule has 1 N–H and O–H groups in total. The number of benzene rings is 1. The van der Waals surface area contributed by atoms with E-state index in [2.05, 4.69) is 15.0 Å². The molecule has 0 aliphatic carbocycles. The number of nitrogens with one attached hydrogen (secondary N) is 1. The van der Waals surface area contributed by atoms with Crippen LogP contribution in [0.15, 0.2) is 18.2 Å². The van der Waals surface area contributed by atoms with E-state index >= 15 is 0 Å². The third-order valence-electron chi connectivity index (χ3n) is 3.18. The van der Waals surface area contributed by atoms with E-state index in [4.69, 9.17) is 9.47 Å². The van der Waals surface area contributed by atoms with Gasteiger partial charge in [0.1, 0.15) is 18.1 Å². The number of anilines is 1. The summed E-state index contributed by atoms with van der Waals surface area (Å²) in [7, 11) is 1.62. The third kappa shape index (κ3) is 5.61. The monoisotopic (exact) mass is 320 g/mol. The maximum Gasteiger partial charge on any atom is 0.573 e. The Morgan fingerprint density at radius 1 is 1.18 bits per heavy atom. The second kappa shape index (κ2) is 7.55. The molecule has 1 aromatic rings. The molecule has 124 valence electrons. The molecule has 0 unspecified atom stereocenters. The molecule has 1 saturated heterocycles. The minimum Gasteiger partial charge on any atom is -0.492 e. The summed E-state index contributed by atoms with van der Waals surface area (Å²) in [5.74, 6) is 0.0279. The quantitative estimate of drug-likeness (QED) is 0.871. The second-order valence-corrected chi connectivity index (χ2v) is 4.79. The minimum absolute atomic E-state index is 0.305. The van der Waals surface area contributed by atoms with E-state index in [1.54, 1.807) is 13.1 Å². The summed E-state index contributed by atoms with van der Waals surface area (Å²) in [6.45, 7) is 4.14. The fourth-order valence-electron chi connectivity index (χ4n) is 2.11. The van der Waals surface area contributed by atoms with Gasteiger partial charge in [0.05, 0.1) is 13.2 Å². The van der Waals surface area contributed by atoms with Crippen molar-refractivity contribution >= 4 is 5.69 Å². The van der Waals surface area contributed by atoms with E-state index < -0.39 is 6.36 Å². The van der Waals surface area contributed by atoms with Gasteiger partial charge in [-0.2, -0.15) is 0 Å². The zero-order chi connectivity index (χ0) is 16.0. The molecule has 0 aromatic heterocycles. The molecular formula is C14H19F3N2O3. The van der Waals surface area contributed by atoms with E-state index in [1.807, 2.05) is 0 Å². The molecule has 0 saturated carbocycles. The fourth-order valence-corrected chi connectivity index (χ4v) is 2.11. The summed E-state index contributed by atoms with van der Waals surface area (Å²) >= 11 is 0. The zero-order valence-electron chi connectivity index (χ0n) is 12.3. The Labute approximate surface area is 126 Å². The van der Waals surface area contributed by atoms with E-state index in [0.29, 0.717) is 37.8 Å². The normalized spacial score (nSPS) is 16.4. The number of halogens is 3. The van der Waals surface area contributed by atoms with Crippen molar-refractivity contribution in [2.75, 3.05) is 51.8 Å². The molecular weight excluding hydrogens is 301 g/mol. The van der Waals surface area contributed by atoms with Gasteiger partial charge in [-0.1, -0.05) is 0 Å². The Kier molecular flexibility index (Phi) is 5.73. The standard InChI is InChI=1S/C14H19F3N2O3/c1-18-11-8-12(10-13(9-11)22-14(15,16)17)21-7-4-19-2-5-20-6-3-19/h8-10,18H,2-7H2,1H3. The van der Waals surface area contributed by atoms with Gasteiger partial charge in [0.25, 0.3) is 0 Å². The van der Waals surface area contributed by atoms with Crippen LogP contribution < -0.4 is 14.8 Å². The van der Waals surface area contributed by atoms with Crippen LogP contribution in [0.25, 0.3) is 0 Å². The minimum atomic E-state index is -4.72. The number of nitrogens with zero attached hydrogens (tertiary/aromatic N) is 1. The number of morpholine rings is 1. The summed E-state index contributed by atoms with van der Waals surface area (Å²) in [5.41, 5.74) is 0.489. The smallest absolute Gasteiger partial charge is 0.492 e. The number of alkyl halides is 3. The average Bonchev–Trinajstić information content (AvgIpc) is 2.46. The van der Waals surface area contributed by atoms with Gasteiger partial charge < -0.3 is 19.5 Å². The van der Waals surface area contributed by atoms with Crippen LogP contribution in [-0.4, -0.2) is 57.8 Å². The van der Waals surface area contributed by atoms with Gasteiger partial charge in [0.2, 0.25) is 0 Å². The van der Waals surface area contributed by atoms with E-state index in [0.717, 1.165) is 13.1 Å². The first kappa shape index (κ1) is 16.7. The Balaban J connectivity index is 1.92. The Morgan fingerprint density at radius 2 is 1.86 bits per heavy atom. The number of hydrogen-bond donors (Lipinski definition) is 1. The molecule has 0 radical (unpaired) electrons. The Morgan fingerprint density at radius 3 is 2.50 bits per heavy atom. The molecule has 8 heteroatoms. The van der Waals surface area contributed by atoms with Gasteiger partial charge in [-0.15, -0.1) is 13.2 Å². The maximum atomic E-state index is 12.3. The van der Waals surface area contributed by atoms with Crippen LogP contribution in [0.5, 0.6) is 11.5 Å². The lowest BCUT2D eigenvalue weighted by Gasteiger charge is -2.26. The Bertz CT molecular complexity index is 477. The van der Waals surface area contributed by atoms with Crippen LogP contribution in [0.4, 0.5) is 18.9 Å². The van der Waals surface area contributed by atoms with Crippen LogP contribution in [0, 0.1) is 0 Å². The van der Waals surface area contributed by atoms with Gasteiger partial charge in [-0.25, -0.2) is 0 Å². The highest BCUT2D eigenvalue weighted by molar-refractivity contribution is 5.53. The lowest BCUT2D eigenvalue weighted by Crippen LogP contribution is -2.38. The summed E-state index contributed by atoms with van der Waals surface area (Å²) < 4.78 is 51.6. The molecule has 1 aliphatic rings. The summed E-state index contributed by atoms with van der Waals surface area (Å²) in [5, 5.41) is 2.78. The van der Waals surface area contributed by atoms with Gasteiger partial charge >= 0.3 is 6.36 Å². The van der Waals surface area contributed by atoms with Crippen molar-refractivity contribution in [2.45, 2.75) is 6.36 Å². The van der Waals surface area contributed by atoms with Gasteiger partial charge in [-0.3, -0.25) is 4.90 Å². The van der Waals surface area contributed by atoms with Crippen molar-refractivity contribution in [1.29, 1.82) is 0 Å². The van der Waals surface area contributed by atoms with Crippen LogP contribution >= 0.6 is 0 Å². The molecule has 5 nitrogen and oxygen atoms in total. The SMILES string of the molecule is CNc1cc(OCCN2CCOCC2)cc(OC(F)(F)F)c1. The van der Waals surface area contributed by atoms with Gasteiger partial charge in [-0.05, 0) is 0 Å². The van der Waals surface area contributed by atoms with E-state index in [1.165, 1.54) is 12.1 Å². The molecule has 1 aromatic carbocycles. The molecule has 1 heterocycles. The van der Waals surface area contributed by atoms with Crippen LogP contribution in [0.3, 0.4) is 0 Å². The van der Waals surface area contributed by atoms with Crippen molar-refractivity contribution in [3.63, 3.8) is 0 Å². The van der Waals surface area contributed by atoms with Crippen molar-refractivity contribution in [3.8, 4) is 11.5 Å². The number of ether oxygens (including phenoxy) is 3. The van der Waals surface area contributed by atoms with Crippen LogP contribution in [0.2, 0.25) is 0 Å². The first-order valence-electron chi connectivity index (χ1n) is 6.98. The lowest BCUT2D eigenvalue weighted by molar-refractivity contribution is -0.274. The van der Waals surface area contributed by atoms with Crippen molar-refractivity contribution in [3.05, 3.63) is 18.2 Å². The topological polar surface area (TPSA) is 43.0 Å². The molecule has 2 rings (SSSR count). The molecule has 1 fully saturated rings. The zero-order valence-corrected chi connectivity index (χ0v) is 12.3. The highest BCUT2D eigenvalue weighted by atomic mass is 19.4. The first-order valence-corrected chi connectivity index (χ1v) is 6.98. The average molecular weight is 320 g/mol. The van der Waals surface area contributed by atoms with E-state index in [9.17, 15) is 13.2 Å². The largest absolute Gasteiger partial charge is 0.573 e. The Hall–Kier alpha value is -1.67. The predicted molar refractivity (Wildman–Crippen MR) is 75.4 cm³/mol. The highest BCUT2D eigenvalue weighted by Gasteiger charge is 2.31. The van der Waals surface area contributed by atoms with Gasteiger partial charge in [0, 0.05) is 50.6 Å². The van der Waals surface area contributed by atoms with Crippen molar-refractivity contribution in [1.82, 2.24) is 4.90 Å².